The topological polar surface area (TPSA) is 62.5 Å². The van der Waals surface area contributed by atoms with Gasteiger partial charge in [0.25, 0.3) is 11.5 Å². The molecular weight excluding hydrogens is 481 g/mol. The van der Waals surface area contributed by atoms with Gasteiger partial charge in [0.2, 0.25) is 0 Å². The Morgan fingerprint density at radius 1 is 1.00 bits per heavy atom. The number of halogens is 1. The summed E-state index contributed by atoms with van der Waals surface area (Å²) in [5, 5.41) is 4.78. The molecule has 198 valence electrons. The van der Waals surface area contributed by atoms with Crippen LogP contribution in [-0.2, 0) is 7.05 Å². The number of para-hydroxylation sites is 2. The Hall–Kier alpha value is -3.65. The fourth-order valence-electron chi connectivity index (χ4n) is 6.27. The zero-order valence-electron chi connectivity index (χ0n) is 21.8. The van der Waals surface area contributed by atoms with Crippen molar-refractivity contribution in [1.29, 1.82) is 0 Å². The molecule has 1 aliphatic carbocycles. The minimum Gasteiger partial charge on any atom is -0.367 e. The Labute approximate surface area is 221 Å². The van der Waals surface area contributed by atoms with Crippen molar-refractivity contribution in [2.45, 2.75) is 31.7 Å². The average Bonchev–Trinajstić information content (AvgIpc) is 3.57. The van der Waals surface area contributed by atoms with Crippen LogP contribution in [0.5, 0.6) is 0 Å². The third-order valence-electron chi connectivity index (χ3n) is 8.32. The second-order valence-corrected chi connectivity index (χ2v) is 10.5. The Balaban J connectivity index is 1.20. The lowest BCUT2D eigenvalue weighted by molar-refractivity contribution is 0.0948. The molecule has 1 aliphatic heterocycles. The molecule has 4 aromatic rings. The van der Waals surface area contributed by atoms with Gasteiger partial charge in [0.05, 0.1) is 11.3 Å². The third-order valence-corrected chi connectivity index (χ3v) is 8.32. The molecule has 0 spiro atoms. The summed E-state index contributed by atoms with van der Waals surface area (Å²) in [5.41, 5.74) is 2.74. The summed E-state index contributed by atoms with van der Waals surface area (Å²) in [5.74, 6) is -0.338. The van der Waals surface area contributed by atoms with Crippen LogP contribution in [0.1, 0.15) is 42.1 Å². The van der Waals surface area contributed by atoms with Crippen molar-refractivity contribution in [3.05, 3.63) is 76.5 Å². The van der Waals surface area contributed by atoms with Gasteiger partial charge in [-0.05, 0) is 31.0 Å². The van der Waals surface area contributed by atoms with Crippen molar-refractivity contribution in [2.75, 3.05) is 44.2 Å². The molecule has 1 amide bonds. The van der Waals surface area contributed by atoms with Crippen LogP contribution in [0, 0.1) is 5.82 Å². The van der Waals surface area contributed by atoms with E-state index in [1.54, 1.807) is 12.3 Å². The summed E-state index contributed by atoms with van der Waals surface area (Å²) >= 11 is 0. The molecule has 1 saturated heterocycles. The van der Waals surface area contributed by atoms with Crippen LogP contribution >= 0.6 is 0 Å². The van der Waals surface area contributed by atoms with Crippen LogP contribution in [0.3, 0.4) is 0 Å². The highest BCUT2D eigenvalue weighted by molar-refractivity contribution is 6.17. The quantitative estimate of drug-likeness (QED) is 0.416. The first-order chi connectivity index (χ1) is 18.5. The van der Waals surface area contributed by atoms with E-state index in [1.807, 2.05) is 52.6 Å². The normalized spacial score (nSPS) is 17.1. The molecule has 2 aliphatic rings. The van der Waals surface area contributed by atoms with Gasteiger partial charge in [-0.25, -0.2) is 4.39 Å². The van der Waals surface area contributed by atoms with Gasteiger partial charge in [-0.1, -0.05) is 43.2 Å². The maximum atomic E-state index is 14.2. The van der Waals surface area contributed by atoms with E-state index in [9.17, 15) is 14.0 Å². The lowest BCUT2D eigenvalue weighted by atomic mass is 10.1. The highest BCUT2D eigenvalue weighted by Gasteiger charge is 2.26. The number of carbonyl (C=O) groups is 1. The maximum Gasteiger partial charge on any atom is 0.275 e. The van der Waals surface area contributed by atoms with E-state index in [0.717, 1.165) is 74.7 Å². The smallest absolute Gasteiger partial charge is 0.275 e. The first-order valence-corrected chi connectivity index (χ1v) is 13.6. The lowest BCUT2D eigenvalue weighted by Crippen LogP contribution is -2.48. The molecule has 0 unspecified atom stereocenters. The van der Waals surface area contributed by atoms with Crippen molar-refractivity contribution in [3.63, 3.8) is 0 Å². The van der Waals surface area contributed by atoms with E-state index in [4.69, 9.17) is 0 Å². The van der Waals surface area contributed by atoms with Crippen molar-refractivity contribution in [1.82, 2.24) is 19.4 Å². The van der Waals surface area contributed by atoms with Crippen LogP contribution in [0.25, 0.3) is 21.8 Å². The molecule has 1 N–H and O–H groups in total. The van der Waals surface area contributed by atoms with E-state index in [2.05, 4.69) is 15.1 Å². The van der Waals surface area contributed by atoms with Gasteiger partial charge in [0.15, 0.2) is 0 Å². The van der Waals surface area contributed by atoms with Gasteiger partial charge in [-0.3, -0.25) is 14.5 Å². The number of fused-ring (bicyclic) bond motifs is 3. The summed E-state index contributed by atoms with van der Waals surface area (Å²) in [4.78, 5) is 31.6. The Kier molecular flexibility index (Phi) is 6.66. The predicted molar refractivity (Wildman–Crippen MR) is 150 cm³/mol. The molecular formula is C30H34FN5O2. The van der Waals surface area contributed by atoms with Crippen molar-refractivity contribution >= 4 is 33.4 Å². The van der Waals surface area contributed by atoms with Crippen LogP contribution in [0.15, 0.2) is 59.5 Å². The number of aryl methyl sites for hydroxylation is 1. The molecule has 2 aromatic heterocycles. The number of nitrogens with zero attached hydrogens (tertiary/aromatic N) is 4. The molecule has 1 saturated carbocycles. The SMILES string of the molecule is Cn1c2ccccc2c2c(C(=O)NCCN3CCN(c4ccccc4F)CC3)cn(C3CCCC3)c(=O)c21. The van der Waals surface area contributed by atoms with Crippen LogP contribution < -0.4 is 15.8 Å². The number of amides is 1. The molecule has 8 heteroatoms. The second-order valence-electron chi connectivity index (χ2n) is 10.5. The molecule has 38 heavy (non-hydrogen) atoms. The Morgan fingerprint density at radius 3 is 2.47 bits per heavy atom. The fraction of sp³-hybridized carbons (Fsp3) is 0.400. The minimum atomic E-state index is -0.188. The Bertz CT molecular complexity index is 1540. The fourth-order valence-corrected chi connectivity index (χ4v) is 6.27. The van der Waals surface area contributed by atoms with E-state index in [0.29, 0.717) is 23.3 Å². The largest absolute Gasteiger partial charge is 0.367 e. The molecule has 2 aromatic carbocycles. The standard InChI is InChI=1S/C30H34FN5O2/c1-33-25-12-6-4-10-22(25)27-23(20-36(30(38)28(27)33)21-8-2-3-9-21)29(37)32-14-15-34-16-18-35(19-17-34)26-13-7-5-11-24(26)31/h4-7,10-13,20-21H,2-3,8-9,14-19H2,1H3,(H,32,37). The van der Waals surface area contributed by atoms with Gasteiger partial charge < -0.3 is 19.4 Å². The number of pyridine rings is 1. The van der Waals surface area contributed by atoms with Gasteiger partial charge in [-0.2, -0.15) is 0 Å². The number of rotatable bonds is 6. The number of carbonyl (C=O) groups excluding carboxylic acids is 1. The average molecular weight is 516 g/mol. The van der Waals surface area contributed by atoms with Gasteiger partial charge in [0, 0.05) is 74.8 Å². The first-order valence-electron chi connectivity index (χ1n) is 13.6. The number of aromatic nitrogens is 2. The van der Waals surface area contributed by atoms with Gasteiger partial charge in [-0.15, -0.1) is 0 Å². The summed E-state index contributed by atoms with van der Waals surface area (Å²) in [6.07, 6.45) is 5.95. The lowest BCUT2D eigenvalue weighted by Gasteiger charge is -2.36. The zero-order valence-corrected chi connectivity index (χ0v) is 21.8. The van der Waals surface area contributed by atoms with Crippen molar-refractivity contribution in [2.24, 2.45) is 7.05 Å². The molecule has 3 heterocycles. The number of benzene rings is 2. The number of anilines is 1. The van der Waals surface area contributed by atoms with E-state index < -0.39 is 0 Å². The molecule has 6 rings (SSSR count). The summed E-state index contributed by atoms with van der Waals surface area (Å²) in [6.45, 7) is 4.34. The highest BCUT2D eigenvalue weighted by Crippen LogP contribution is 2.33. The van der Waals surface area contributed by atoms with Gasteiger partial charge >= 0.3 is 0 Å². The summed E-state index contributed by atoms with van der Waals surface area (Å²) in [6, 6.07) is 14.9. The molecule has 2 fully saturated rings. The number of piperazine rings is 1. The molecule has 0 atom stereocenters. The first kappa shape index (κ1) is 24.7. The third kappa shape index (κ3) is 4.36. The minimum absolute atomic E-state index is 0.0186. The zero-order chi connectivity index (χ0) is 26.2. The van der Waals surface area contributed by atoms with Crippen molar-refractivity contribution < 1.29 is 9.18 Å². The predicted octanol–water partition coefficient (Wildman–Crippen LogP) is 4.30. The van der Waals surface area contributed by atoms with E-state index in [-0.39, 0.29) is 23.3 Å². The summed E-state index contributed by atoms with van der Waals surface area (Å²) < 4.78 is 17.9. The number of hydrogen-bond acceptors (Lipinski definition) is 4. The molecule has 0 bridgehead atoms. The highest BCUT2D eigenvalue weighted by atomic mass is 19.1. The van der Waals surface area contributed by atoms with E-state index in [1.165, 1.54) is 6.07 Å². The van der Waals surface area contributed by atoms with Gasteiger partial charge in [0.1, 0.15) is 11.3 Å². The van der Waals surface area contributed by atoms with E-state index >= 15 is 0 Å². The molecule has 0 radical (unpaired) electrons. The summed E-state index contributed by atoms with van der Waals surface area (Å²) in [7, 11) is 1.91. The van der Waals surface area contributed by atoms with Crippen LogP contribution in [0.2, 0.25) is 0 Å². The number of hydrogen-bond donors (Lipinski definition) is 1. The van der Waals surface area contributed by atoms with Crippen LogP contribution in [0.4, 0.5) is 10.1 Å². The second kappa shape index (κ2) is 10.3. The molecule has 7 nitrogen and oxygen atoms in total. The monoisotopic (exact) mass is 515 g/mol. The number of nitrogens with one attached hydrogen (secondary N) is 1. The van der Waals surface area contributed by atoms with Crippen LogP contribution in [-0.4, -0.2) is 59.2 Å². The maximum absolute atomic E-state index is 14.2. The van der Waals surface area contributed by atoms with Crippen molar-refractivity contribution in [3.8, 4) is 0 Å². The Morgan fingerprint density at radius 2 is 1.71 bits per heavy atom.